The van der Waals surface area contributed by atoms with E-state index < -0.39 is 0 Å². The van der Waals surface area contributed by atoms with E-state index in [0.717, 1.165) is 30.0 Å². The predicted molar refractivity (Wildman–Crippen MR) is 85.0 cm³/mol. The number of aryl methyl sites for hydroxylation is 3. The number of hydrogen-bond donors (Lipinski definition) is 1. The third-order valence-electron chi connectivity index (χ3n) is 3.68. The molecule has 1 aromatic carbocycles. The van der Waals surface area contributed by atoms with Crippen LogP contribution in [0.4, 0.5) is 0 Å². The van der Waals surface area contributed by atoms with Gasteiger partial charge in [0, 0.05) is 43.0 Å². The topological polar surface area (TPSA) is 42.7 Å². The summed E-state index contributed by atoms with van der Waals surface area (Å²) in [5, 5.41) is 9.10. The number of nitrogens with one attached hydrogen (secondary N) is 1. The van der Waals surface area contributed by atoms with Gasteiger partial charge in [0.2, 0.25) is 0 Å². The van der Waals surface area contributed by atoms with Gasteiger partial charge in [0.1, 0.15) is 0 Å². The Labute approximate surface area is 124 Å². The van der Waals surface area contributed by atoms with Gasteiger partial charge in [-0.25, -0.2) is 0 Å². The lowest BCUT2D eigenvalue weighted by molar-refractivity contribution is 0.692. The van der Waals surface area contributed by atoms with E-state index in [-0.39, 0.29) is 0 Å². The first-order valence-electron chi connectivity index (χ1n) is 7.18. The van der Waals surface area contributed by atoms with Gasteiger partial charge in [0.05, 0.1) is 11.2 Å². The van der Waals surface area contributed by atoms with Gasteiger partial charge in [0.25, 0.3) is 0 Å². The summed E-state index contributed by atoms with van der Waals surface area (Å²) < 4.78 is 1.86. The Morgan fingerprint density at radius 2 is 1.86 bits per heavy atom. The summed E-state index contributed by atoms with van der Waals surface area (Å²) in [6, 6.07) is 10.5. The van der Waals surface area contributed by atoms with Crippen LogP contribution < -0.4 is 5.32 Å². The van der Waals surface area contributed by atoms with Gasteiger partial charge in [0.15, 0.2) is 0 Å². The Morgan fingerprint density at radius 1 is 1.10 bits per heavy atom. The fourth-order valence-corrected chi connectivity index (χ4v) is 2.70. The minimum absolute atomic E-state index is 0.829. The second kappa shape index (κ2) is 5.66. The molecule has 1 N–H and O–H groups in total. The van der Waals surface area contributed by atoms with Gasteiger partial charge in [-0.05, 0) is 31.5 Å². The van der Waals surface area contributed by atoms with E-state index in [4.69, 9.17) is 0 Å². The molecule has 2 aromatic heterocycles. The second-order valence-electron chi connectivity index (χ2n) is 5.46. The molecule has 0 atom stereocenters. The van der Waals surface area contributed by atoms with E-state index in [0.29, 0.717) is 0 Å². The molecule has 0 aliphatic carbocycles. The maximum Gasteiger partial charge on any atom is 0.0708 e. The van der Waals surface area contributed by atoms with Crippen LogP contribution in [0, 0.1) is 13.8 Å². The number of aromatic nitrogens is 3. The van der Waals surface area contributed by atoms with Crippen LogP contribution in [-0.2, 0) is 20.1 Å². The maximum absolute atomic E-state index is 4.58. The van der Waals surface area contributed by atoms with Crippen molar-refractivity contribution in [1.82, 2.24) is 20.1 Å². The first-order chi connectivity index (χ1) is 10.1. The molecular weight excluding hydrogens is 260 g/mol. The average Bonchev–Trinajstić information content (AvgIpc) is 2.77. The van der Waals surface area contributed by atoms with E-state index in [1.165, 1.54) is 16.5 Å². The summed E-state index contributed by atoms with van der Waals surface area (Å²) in [7, 11) is 1.95. The molecule has 3 aromatic rings. The molecule has 0 amide bonds. The smallest absolute Gasteiger partial charge is 0.0708 e. The molecular formula is C17H20N4. The minimum atomic E-state index is 0.829. The standard InChI is InChI=1S/C17H20N4/c1-12-8-14(16-6-4-5-7-17(16)19-12)9-18-10-15-11-21(3)20-13(15)2/h4-8,11,18H,9-10H2,1-3H3. The number of hydrogen-bond acceptors (Lipinski definition) is 3. The monoisotopic (exact) mass is 280 g/mol. The third-order valence-corrected chi connectivity index (χ3v) is 3.68. The van der Waals surface area contributed by atoms with E-state index in [1.54, 1.807) is 0 Å². The van der Waals surface area contributed by atoms with Crippen LogP contribution >= 0.6 is 0 Å². The third kappa shape index (κ3) is 2.95. The Balaban J connectivity index is 1.77. The highest BCUT2D eigenvalue weighted by atomic mass is 15.2. The average molecular weight is 280 g/mol. The molecule has 21 heavy (non-hydrogen) atoms. The van der Waals surface area contributed by atoms with Gasteiger partial charge in [-0.1, -0.05) is 18.2 Å². The van der Waals surface area contributed by atoms with Gasteiger partial charge >= 0.3 is 0 Å². The lowest BCUT2D eigenvalue weighted by Gasteiger charge is -2.09. The van der Waals surface area contributed by atoms with Crippen LogP contribution in [0.15, 0.2) is 36.5 Å². The van der Waals surface area contributed by atoms with Gasteiger partial charge < -0.3 is 5.32 Å². The van der Waals surface area contributed by atoms with Crippen LogP contribution in [0.2, 0.25) is 0 Å². The van der Waals surface area contributed by atoms with Crippen LogP contribution in [0.1, 0.15) is 22.5 Å². The van der Waals surface area contributed by atoms with E-state index in [1.807, 2.05) is 31.6 Å². The van der Waals surface area contributed by atoms with Crippen molar-refractivity contribution in [3.05, 3.63) is 59.0 Å². The highest BCUT2D eigenvalue weighted by Crippen LogP contribution is 2.18. The maximum atomic E-state index is 4.58. The van der Waals surface area contributed by atoms with Gasteiger partial charge in [-0.3, -0.25) is 9.67 Å². The lowest BCUT2D eigenvalue weighted by Crippen LogP contribution is -2.13. The van der Waals surface area contributed by atoms with Crippen molar-refractivity contribution < 1.29 is 0 Å². The van der Waals surface area contributed by atoms with Crippen molar-refractivity contribution in [2.45, 2.75) is 26.9 Å². The zero-order chi connectivity index (χ0) is 14.8. The summed E-state index contributed by atoms with van der Waals surface area (Å²) in [6.45, 7) is 5.75. The molecule has 108 valence electrons. The van der Waals surface area contributed by atoms with Crippen LogP contribution in [0.25, 0.3) is 10.9 Å². The number of pyridine rings is 1. The Kier molecular flexibility index (Phi) is 3.71. The summed E-state index contributed by atoms with van der Waals surface area (Å²) in [5.74, 6) is 0. The molecule has 0 fully saturated rings. The molecule has 0 aliphatic heterocycles. The molecule has 3 rings (SSSR count). The molecule has 0 bridgehead atoms. The fourth-order valence-electron chi connectivity index (χ4n) is 2.70. The van der Waals surface area contributed by atoms with E-state index >= 15 is 0 Å². The molecule has 0 saturated heterocycles. The largest absolute Gasteiger partial charge is 0.308 e. The number of nitrogens with zero attached hydrogens (tertiary/aromatic N) is 3. The first-order valence-corrected chi connectivity index (χ1v) is 7.18. The Bertz CT molecular complexity index is 774. The summed E-state index contributed by atoms with van der Waals surface area (Å²) in [4.78, 5) is 4.58. The van der Waals surface area contributed by atoms with Crippen LogP contribution in [0.3, 0.4) is 0 Å². The number of benzene rings is 1. The molecule has 0 radical (unpaired) electrons. The minimum Gasteiger partial charge on any atom is -0.308 e. The second-order valence-corrected chi connectivity index (χ2v) is 5.46. The predicted octanol–water partition coefficient (Wildman–Crippen LogP) is 2.87. The SMILES string of the molecule is Cc1cc(CNCc2cn(C)nc2C)c2ccccc2n1. The number of para-hydroxylation sites is 1. The molecule has 0 aliphatic rings. The van der Waals surface area contributed by atoms with Gasteiger partial charge in [-0.15, -0.1) is 0 Å². The van der Waals surface area contributed by atoms with Crippen molar-refractivity contribution in [3.8, 4) is 0 Å². The van der Waals surface area contributed by atoms with E-state index in [2.05, 4.69) is 45.9 Å². The van der Waals surface area contributed by atoms with Crippen LogP contribution in [0.5, 0.6) is 0 Å². The Hall–Kier alpha value is -2.20. The Morgan fingerprint density at radius 3 is 2.62 bits per heavy atom. The fraction of sp³-hybridized carbons (Fsp3) is 0.294. The summed E-state index contributed by atoms with van der Waals surface area (Å²) in [5.41, 5.74) is 5.74. The van der Waals surface area contributed by atoms with Crippen molar-refractivity contribution in [2.75, 3.05) is 0 Å². The van der Waals surface area contributed by atoms with Crippen molar-refractivity contribution in [3.63, 3.8) is 0 Å². The van der Waals surface area contributed by atoms with E-state index in [9.17, 15) is 0 Å². The van der Waals surface area contributed by atoms with Crippen molar-refractivity contribution in [2.24, 2.45) is 7.05 Å². The van der Waals surface area contributed by atoms with Gasteiger partial charge in [-0.2, -0.15) is 5.10 Å². The highest BCUT2D eigenvalue weighted by molar-refractivity contribution is 5.82. The molecule has 4 heteroatoms. The van der Waals surface area contributed by atoms with Crippen LogP contribution in [-0.4, -0.2) is 14.8 Å². The normalized spacial score (nSPS) is 11.2. The summed E-state index contributed by atoms with van der Waals surface area (Å²) in [6.07, 6.45) is 2.07. The highest BCUT2D eigenvalue weighted by Gasteiger charge is 2.05. The summed E-state index contributed by atoms with van der Waals surface area (Å²) >= 11 is 0. The molecule has 4 nitrogen and oxygen atoms in total. The molecule has 0 saturated carbocycles. The number of fused-ring (bicyclic) bond motifs is 1. The zero-order valence-electron chi connectivity index (χ0n) is 12.7. The zero-order valence-corrected chi connectivity index (χ0v) is 12.7. The van der Waals surface area contributed by atoms with Crippen molar-refractivity contribution in [1.29, 1.82) is 0 Å². The van der Waals surface area contributed by atoms with Crippen molar-refractivity contribution >= 4 is 10.9 Å². The quantitative estimate of drug-likeness (QED) is 0.799. The first kappa shape index (κ1) is 13.8. The number of rotatable bonds is 4. The molecule has 0 unspecified atom stereocenters. The lowest BCUT2D eigenvalue weighted by atomic mass is 10.1. The molecule has 0 spiro atoms. The molecule has 2 heterocycles.